The number of amides is 1. The van der Waals surface area contributed by atoms with Crippen LogP contribution in [0.3, 0.4) is 0 Å². The number of aliphatic hydroxyl groups is 1. The average Bonchev–Trinajstić information content (AvgIpc) is 2.72. The number of rotatable bonds is 7. The van der Waals surface area contributed by atoms with E-state index in [1.807, 2.05) is 0 Å². The Labute approximate surface area is 172 Å². The van der Waals surface area contributed by atoms with E-state index in [4.69, 9.17) is 4.74 Å². The molecule has 0 bridgehead atoms. The van der Waals surface area contributed by atoms with Crippen LogP contribution < -0.4 is 15.5 Å². The van der Waals surface area contributed by atoms with Gasteiger partial charge >= 0.3 is 6.09 Å². The van der Waals surface area contributed by atoms with Crippen LogP contribution in [0.1, 0.15) is 0 Å². The molecular formula is C20H29ClN4O3. The Morgan fingerprint density at radius 2 is 1.86 bits per heavy atom. The lowest BCUT2D eigenvalue weighted by Crippen LogP contribution is -2.48. The second-order valence-electron chi connectivity index (χ2n) is 6.66. The number of halogens is 1. The summed E-state index contributed by atoms with van der Waals surface area (Å²) in [5.74, 6) is 0. The van der Waals surface area contributed by atoms with Gasteiger partial charge in [-0.15, -0.1) is 12.4 Å². The molecule has 0 spiro atoms. The summed E-state index contributed by atoms with van der Waals surface area (Å²) in [4.78, 5) is 16.3. The Hall–Kier alpha value is -2.06. The fourth-order valence-corrected chi connectivity index (χ4v) is 3.30. The number of fused-ring (bicyclic) bond motifs is 1. The predicted octanol–water partition coefficient (Wildman–Crippen LogP) is 1.65. The van der Waals surface area contributed by atoms with Crippen molar-refractivity contribution in [2.75, 3.05) is 57.8 Å². The van der Waals surface area contributed by atoms with E-state index in [-0.39, 0.29) is 19.0 Å². The molecule has 3 rings (SSSR count). The van der Waals surface area contributed by atoms with Gasteiger partial charge in [-0.2, -0.15) is 0 Å². The number of nitrogens with one attached hydrogen (secondary N) is 2. The van der Waals surface area contributed by atoms with Crippen molar-refractivity contribution < 1.29 is 14.6 Å². The molecule has 1 aliphatic heterocycles. The van der Waals surface area contributed by atoms with Crippen molar-refractivity contribution in [1.29, 1.82) is 0 Å². The summed E-state index contributed by atoms with van der Waals surface area (Å²) in [6.45, 7) is 5.10. The number of likely N-dealkylation sites (N-methyl/N-ethyl adjacent to an activating group) is 1. The van der Waals surface area contributed by atoms with E-state index in [9.17, 15) is 9.90 Å². The molecule has 7 nitrogen and oxygen atoms in total. The van der Waals surface area contributed by atoms with Gasteiger partial charge in [-0.1, -0.05) is 36.4 Å². The van der Waals surface area contributed by atoms with Gasteiger partial charge in [-0.25, -0.2) is 4.79 Å². The molecule has 1 fully saturated rings. The van der Waals surface area contributed by atoms with Gasteiger partial charge in [0, 0.05) is 50.3 Å². The van der Waals surface area contributed by atoms with Crippen molar-refractivity contribution in [3.63, 3.8) is 0 Å². The number of nitrogens with zero attached hydrogens (tertiary/aromatic N) is 2. The topological polar surface area (TPSA) is 77.1 Å². The fraction of sp³-hybridized carbons (Fsp3) is 0.450. The monoisotopic (exact) mass is 408 g/mol. The lowest BCUT2D eigenvalue weighted by molar-refractivity contribution is 0.0532. The normalized spacial score (nSPS) is 15.7. The lowest BCUT2D eigenvalue weighted by Gasteiger charge is -2.36. The van der Waals surface area contributed by atoms with E-state index in [0.29, 0.717) is 6.54 Å². The fourth-order valence-electron chi connectivity index (χ4n) is 3.30. The molecular weight excluding hydrogens is 380 g/mol. The first-order chi connectivity index (χ1) is 13.2. The molecule has 0 saturated carbocycles. The molecule has 1 amide bonds. The van der Waals surface area contributed by atoms with Gasteiger partial charge in [0.25, 0.3) is 0 Å². The van der Waals surface area contributed by atoms with Gasteiger partial charge in [-0.3, -0.25) is 10.2 Å². The third-order valence-electron chi connectivity index (χ3n) is 4.88. The molecule has 154 valence electrons. The first-order valence-electron chi connectivity index (χ1n) is 9.38. The number of piperazine rings is 1. The minimum absolute atomic E-state index is 0. The van der Waals surface area contributed by atoms with Gasteiger partial charge in [0.2, 0.25) is 0 Å². The maximum Gasteiger partial charge on any atom is 0.407 e. The van der Waals surface area contributed by atoms with Crippen molar-refractivity contribution >= 4 is 35.0 Å². The van der Waals surface area contributed by atoms with Crippen LogP contribution in [-0.4, -0.2) is 75.3 Å². The zero-order valence-electron chi connectivity index (χ0n) is 16.1. The minimum Gasteiger partial charge on any atom is -0.445 e. The molecule has 2 aromatic rings. The van der Waals surface area contributed by atoms with E-state index in [0.717, 1.165) is 32.7 Å². The Kier molecular flexibility index (Phi) is 8.79. The zero-order chi connectivity index (χ0) is 19.1. The molecule has 2 aromatic carbocycles. The van der Waals surface area contributed by atoms with E-state index >= 15 is 0 Å². The number of anilines is 1. The number of hydrogen-bond donors (Lipinski definition) is 3. The molecule has 0 radical (unpaired) electrons. The van der Waals surface area contributed by atoms with Crippen LogP contribution in [-0.2, 0) is 4.74 Å². The third-order valence-corrected chi connectivity index (χ3v) is 4.88. The Bertz CT molecular complexity index is 748. The Morgan fingerprint density at radius 3 is 2.61 bits per heavy atom. The average molecular weight is 409 g/mol. The van der Waals surface area contributed by atoms with Gasteiger partial charge < -0.3 is 20.1 Å². The van der Waals surface area contributed by atoms with E-state index < -0.39 is 12.3 Å². The first-order valence-corrected chi connectivity index (χ1v) is 9.38. The Balaban J connectivity index is 0.00000280. The molecule has 28 heavy (non-hydrogen) atoms. The number of carbonyl (C=O) groups is 1. The molecule has 1 aliphatic rings. The van der Waals surface area contributed by atoms with Crippen molar-refractivity contribution in [1.82, 2.24) is 15.5 Å². The summed E-state index contributed by atoms with van der Waals surface area (Å²) >= 11 is 0. The largest absolute Gasteiger partial charge is 0.445 e. The van der Waals surface area contributed by atoms with Gasteiger partial charge in [-0.05, 0) is 18.5 Å². The SMILES string of the molecule is CNC(O)COC(=O)NCCN1CCN(c2cccc3ccccc23)CC1.Cl. The van der Waals surface area contributed by atoms with Crippen molar-refractivity contribution in [3.05, 3.63) is 42.5 Å². The van der Waals surface area contributed by atoms with E-state index in [2.05, 4.69) is 62.9 Å². The maximum absolute atomic E-state index is 11.6. The summed E-state index contributed by atoms with van der Waals surface area (Å²) in [6.07, 6.45) is -1.34. The molecule has 1 atom stereocenters. The van der Waals surface area contributed by atoms with Crippen molar-refractivity contribution in [2.45, 2.75) is 6.23 Å². The highest BCUT2D eigenvalue weighted by Gasteiger charge is 2.18. The highest BCUT2D eigenvalue weighted by molar-refractivity contribution is 5.94. The summed E-state index contributed by atoms with van der Waals surface area (Å²) in [5, 5.41) is 17.2. The molecule has 1 saturated heterocycles. The Morgan fingerprint density at radius 1 is 1.14 bits per heavy atom. The maximum atomic E-state index is 11.6. The number of ether oxygens (including phenoxy) is 1. The van der Waals surface area contributed by atoms with Gasteiger partial charge in [0.1, 0.15) is 12.8 Å². The summed E-state index contributed by atoms with van der Waals surface area (Å²) in [6, 6.07) is 14.9. The summed E-state index contributed by atoms with van der Waals surface area (Å²) < 4.78 is 4.91. The molecule has 0 aliphatic carbocycles. The smallest absolute Gasteiger partial charge is 0.407 e. The number of alkyl carbamates (subject to hydrolysis) is 1. The van der Waals surface area contributed by atoms with Crippen LogP contribution >= 0.6 is 12.4 Å². The van der Waals surface area contributed by atoms with E-state index in [1.54, 1.807) is 7.05 Å². The third kappa shape index (κ3) is 5.97. The molecule has 0 aromatic heterocycles. The highest BCUT2D eigenvalue weighted by Crippen LogP contribution is 2.27. The first kappa shape index (κ1) is 22.2. The van der Waals surface area contributed by atoms with Crippen LogP contribution in [0.25, 0.3) is 10.8 Å². The van der Waals surface area contributed by atoms with Crippen LogP contribution in [0, 0.1) is 0 Å². The van der Waals surface area contributed by atoms with Crippen molar-refractivity contribution in [3.8, 4) is 0 Å². The zero-order valence-corrected chi connectivity index (χ0v) is 17.0. The highest BCUT2D eigenvalue weighted by atomic mass is 35.5. The summed E-state index contributed by atoms with van der Waals surface area (Å²) in [5.41, 5.74) is 1.29. The second-order valence-corrected chi connectivity index (χ2v) is 6.66. The molecule has 1 heterocycles. The van der Waals surface area contributed by atoms with Gasteiger partial charge in [0.05, 0.1) is 0 Å². The lowest BCUT2D eigenvalue weighted by atomic mass is 10.1. The number of benzene rings is 2. The number of carbonyl (C=O) groups excluding carboxylic acids is 1. The predicted molar refractivity (Wildman–Crippen MR) is 114 cm³/mol. The van der Waals surface area contributed by atoms with Crippen LogP contribution in [0.2, 0.25) is 0 Å². The van der Waals surface area contributed by atoms with Crippen LogP contribution in [0.4, 0.5) is 10.5 Å². The van der Waals surface area contributed by atoms with Crippen LogP contribution in [0.15, 0.2) is 42.5 Å². The quantitative estimate of drug-likeness (QED) is 0.605. The number of hydrogen-bond acceptors (Lipinski definition) is 6. The van der Waals surface area contributed by atoms with E-state index in [1.165, 1.54) is 16.5 Å². The molecule has 8 heteroatoms. The standard InChI is InChI=1S/C20H28N4O3.ClH/c1-21-19(25)15-27-20(26)22-9-10-23-11-13-24(14-12-23)18-8-4-6-16-5-2-3-7-17(16)18;/h2-8,19,21,25H,9-15H2,1H3,(H,22,26);1H. The van der Waals surface area contributed by atoms with Gasteiger partial charge in [0.15, 0.2) is 0 Å². The van der Waals surface area contributed by atoms with Crippen LogP contribution in [0.5, 0.6) is 0 Å². The van der Waals surface area contributed by atoms with Crippen molar-refractivity contribution in [2.24, 2.45) is 0 Å². The minimum atomic E-state index is -0.835. The molecule has 3 N–H and O–H groups in total. The molecule has 1 unspecified atom stereocenters. The summed E-state index contributed by atoms with van der Waals surface area (Å²) in [7, 11) is 1.60. The second kappa shape index (κ2) is 11.1. The number of aliphatic hydroxyl groups excluding tert-OH is 1.